The van der Waals surface area contributed by atoms with E-state index in [-0.39, 0.29) is 0 Å². The minimum atomic E-state index is -0.712. The van der Waals surface area contributed by atoms with Crippen molar-refractivity contribution >= 4 is 0 Å². The first-order valence-electron chi connectivity index (χ1n) is 5.10. The van der Waals surface area contributed by atoms with E-state index >= 15 is 0 Å². The van der Waals surface area contributed by atoms with E-state index in [4.69, 9.17) is 0 Å². The van der Waals surface area contributed by atoms with Gasteiger partial charge in [-0.25, -0.2) is 0 Å². The molecule has 0 spiro atoms. The number of hydrogen-bond donors (Lipinski definition) is 2. The lowest BCUT2D eigenvalue weighted by atomic mass is 9.97. The minimum Gasteiger partial charge on any atom is -0.390 e. The van der Waals surface area contributed by atoms with E-state index in [9.17, 15) is 5.11 Å². The molecular formula is C11H14N4O. The zero-order chi connectivity index (χ0) is 11.6. The Kier molecular flexibility index (Phi) is 2.70. The largest absolute Gasteiger partial charge is 0.390 e. The van der Waals surface area contributed by atoms with Crippen molar-refractivity contribution in [3.8, 4) is 11.4 Å². The van der Waals surface area contributed by atoms with E-state index in [1.807, 2.05) is 24.3 Å². The molecule has 0 saturated carbocycles. The number of tetrazole rings is 1. The summed E-state index contributed by atoms with van der Waals surface area (Å²) >= 11 is 0. The van der Waals surface area contributed by atoms with Crippen LogP contribution in [0.25, 0.3) is 11.4 Å². The van der Waals surface area contributed by atoms with Crippen molar-refractivity contribution in [2.75, 3.05) is 0 Å². The van der Waals surface area contributed by atoms with Crippen LogP contribution < -0.4 is 0 Å². The summed E-state index contributed by atoms with van der Waals surface area (Å²) < 4.78 is 0. The fourth-order valence-corrected chi connectivity index (χ4v) is 1.60. The lowest BCUT2D eigenvalue weighted by Crippen LogP contribution is -2.21. The minimum absolute atomic E-state index is 0.567. The number of hydrogen-bond acceptors (Lipinski definition) is 4. The third-order valence-electron chi connectivity index (χ3n) is 2.17. The summed E-state index contributed by atoms with van der Waals surface area (Å²) in [5.74, 6) is 0.567. The molecule has 16 heavy (non-hydrogen) atoms. The predicted octanol–water partition coefficient (Wildman–Crippen LogP) is 1.18. The van der Waals surface area contributed by atoms with Gasteiger partial charge in [0, 0.05) is 12.0 Å². The summed E-state index contributed by atoms with van der Waals surface area (Å²) in [5, 5.41) is 23.5. The molecule has 0 amide bonds. The highest BCUT2D eigenvalue weighted by Crippen LogP contribution is 2.18. The molecule has 1 heterocycles. The Hall–Kier alpha value is -1.75. The van der Waals surface area contributed by atoms with Crippen LogP contribution in [-0.2, 0) is 6.42 Å². The smallest absolute Gasteiger partial charge is 0.204 e. The molecule has 0 radical (unpaired) electrons. The molecule has 84 valence electrons. The number of nitrogens with one attached hydrogen (secondary N) is 1. The Morgan fingerprint density at radius 1 is 1.38 bits per heavy atom. The number of aliphatic hydroxyl groups is 1. The normalized spacial score (nSPS) is 11.7. The van der Waals surface area contributed by atoms with Gasteiger partial charge in [-0.2, -0.15) is 5.21 Å². The zero-order valence-corrected chi connectivity index (χ0v) is 9.31. The standard InChI is InChI=1S/C11H14N4O/c1-11(2,16)7-8-4-3-5-9(6-8)10-12-14-15-13-10/h3-6,16H,7H2,1-2H3,(H,12,13,14,15). The second kappa shape index (κ2) is 4.02. The first kappa shape index (κ1) is 10.8. The summed E-state index contributed by atoms with van der Waals surface area (Å²) in [4.78, 5) is 0. The molecule has 5 nitrogen and oxygen atoms in total. The lowest BCUT2D eigenvalue weighted by Gasteiger charge is -2.17. The van der Waals surface area contributed by atoms with Gasteiger partial charge in [0.15, 0.2) is 0 Å². The van der Waals surface area contributed by atoms with Crippen molar-refractivity contribution in [1.29, 1.82) is 0 Å². The first-order valence-corrected chi connectivity index (χ1v) is 5.10. The number of nitrogens with zero attached hydrogens (tertiary/aromatic N) is 3. The molecule has 1 aromatic carbocycles. The molecule has 2 aromatic rings. The molecule has 5 heteroatoms. The van der Waals surface area contributed by atoms with E-state index in [1.165, 1.54) is 0 Å². The van der Waals surface area contributed by atoms with E-state index in [0.717, 1.165) is 11.1 Å². The summed E-state index contributed by atoms with van der Waals surface area (Å²) in [7, 11) is 0. The maximum atomic E-state index is 9.74. The van der Waals surface area contributed by atoms with Gasteiger partial charge in [0.2, 0.25) is 5.82 Å². The van der Waals surface area contributed by atoms with E-state index in [0.29, 0.717) is 12.2 Å². The van der Waals surface area contributed by atoms with Gasteiger partial charge < -0.3 is 5.11 Å². The Morgan fingerprint density at radius 2 is 2.19 bits per heavy atom. The van der Waals surface area contributed by atoms with Crippen molar-refractivity contribution in [3.63, 3.8) is 0 Å². The molecule has 0 atom stereocenters. The Balaban J connectivity index is 2.27. The molecule has 0 fully saturated rings. The molecule has 0 aliphatic heterocycles. The van der Waals surface area contributed by atoms with Crippen LogP contribution in [0.4, 0.5) is 0 Å². The summed E-state index contributed by atoms with van der Waals surface area (Å²) in [5.41, 5.74) is 1.24. The first-order chi connectivity index (χ1) is 7.54. The van der Waals surface area contributed by atoms with Crippen LogP contribution in [0.5, 0.6) is 0 Å². The van der Waals surface area contributed by atoms with Crippen LogP contribution in [-0.4, -0.2) is 31.3 Å². The Bertz CT molecular complexity index is 459. The van der Waals surface area contributed by atoms with Crippen molar-refractivity contribution in [2.45, 2.75) is 25.9 Å². The number of aromatic amines is 1. The Morgan fingerprint density at radius 3 is 2.81 bits per heavy atom. The highest BCUT2D eigenvalue weighted by atomic mass is 16.3. The zero-order valence-electron chi connectivity index (χ0n) is 9.31. The molecular weight excluding hydrogens is 204 g/mol. The average molecular weight is 218 g/mol. The van der Waals surface area contributed by atoms with Crippen LogP contribution >= 0.6 is 0 Å². The van der Waals surface area contributed by atoms with Crippen molar-refractivity contribution < 1.29 is 5.11 Å². The summed E-state index contributed by atoms with van der Waals surface area (Å²) in [6.45, 7) is 3.57. The second-order valence-electron chi connectivity index (χ2n) is 4.42. The van der Waals surface area contributed by atoms with Gasteiger partial charge in [-0.15, -0.1) is 10.2 Å². The highest BCUT2D eigenvalue weighted by Gasteiger charge is 2.14. The number of aromatic nitrogens is 4. The quantitative estimate of drug-likeness (QED) is 0.811. The molecule has 0 aliphatic carbocycles. The van der Waals surface area contributed by atoms with Crippen LogP contribution in [0.1, 0.15) is 19.4 Å². The van der Waals surface area contributed by atoms with Gasteiger partial charge in [-0.05, 0) is 30.7 Å². The summed E-state index contributed by atoms with van der Waals surface area (Å²) in [6.07, 6.45) is 0.596. The van der Waals surface area contributed by atoms with Gasteiger partial charge in [-0.3, -0.25) is 0 Å². The Labute approximate surface area is 93.5 Å². The fourth-order valence-electron chi connectivity index (χ4n) is 1.60. The molecule has 0 bridgehead atoms. The third-order valence-corrected chi connectivity index (χ3v) is 2.17. The van der Waals surface area contributed by atoms with E-state index in [1.54, 1.807) is 13.8 Å². The van der Waals surface area contributed by atoms with Crippen molar-refractivity contribution in [1.82, 2.24) is 20.6 Å². The summed E-state index contributed by atoms with van der Waals surface area (Å²) in [6, 6.07) is 7.77. The van der Waals surface area contributed by atoms with Crippen LogP contribution in [0.3, 0.4) is 0 Å². The number of benzene rings is 1. The molecule has 2 rings (SSSR count). The molecule has 2 N–H and O–H groups in total. The average Bonchev–Trinajstić information content (AvgIpc) is 2.68. The number of H-pyrrole nitrogens is 1. The fraction of sp³-hybridized carbons (Fsp3) is 0.364. The molecule has 0 aliphatic rings. The highest BCUT2D eigenvalue weighted by molar-refractivity contribution is 5.54. The van der Waals surface area contributed by atoms with Crippen LogP contribution in [0, 0.1) is 0 Å². The topological polar surface area (TPSA) is 74.7 Å². The van der Waals surface area contributed by atoms with E-state index in [2.05, 4.69) is 20.6 Å². The molecule has 0 unspecified atom stereocenters. The van der Waals surface area contributed by atoms with Gasteiger partial charge in [-0.1, -0.05) is 18.2 Å². The molecule has 0 saturated heterocycles. The van der Waals surface area contributed by atoms with Crippen LogP contribution in [0.15, 0.2) is 24.3 Å². The van der Waals surface area contributed by atoms with Gasteiger partial charge in [0.05, 0.1) is 5.60 Å². The van der Waals surface area contributed by atoms with Crippen molar-refractivity contribution in [3.05, 3.63) is 29.8 Å². The van der Waals surface area contributed by atoms with Gasteiger partial charge >= 0.3 is 0 Å². The van der Waals surface area contributed by atoms with Crippen molar-refractivity contribution in [2.24, 2.45) is 0 Å². The monoisotopic (exact) mass is 218 g/mol. The molecule has 1 aromatic heterocycles. The number of rotatable bonds is 3. The lowest BCUT2D eigenvalue weighted by molar-refractivity contribution is 0.0810. The SMILES string of the molecule is CC(C)(O)Cc1cccc(-c2nn[nH]n2)c1. The third kappa shape index (κ3) is 2.64. The van der Waals surface area contributed by atoms with Gasteiger partial charge in [0.1, 0.15) is 0 Å². The van der Waals surface area contributed by atoms with E-state index < -0.39 is 5.60 Å². The maximum Gasteiger partial charge on any atom is 0.204 e. The van der Waals surface area contributed by atoms with Crippen LogP contribution in [0.2, 0.25) is 0 Å². The maximum absolute atomic E-state index is 9.74. The second-order valence-corrected chi connectivity index (χ2v) is 4.42. The van der Waals surface area contributed by atoms with Gasteiger partial charge in [0.25, 0.3) is 0 Å². The predicted molar refractivity (Wildman–Crippen MR) is 59.6 cm³/mol.